The smallest absolute Gasteiger partial charge is 0.237 e. The summed E-state index contributed by atoms with van der Waals surface area (Å²) in [6.45, 7) is 8.88. The van der Waals surface area contributed by atoms with Gasteiger partial charge >= 0.3 is 0 Å². The van der Waals surface area contributed by atoms with Crippen molar-refractivity contribution in [3.8, 4) is 0 Å². The predicted octanol–water partition coefficient (Wildman–Crippen LogP) is 5.11. The fourth-order valence-electron chi connectivity index (χ4n) is 2.60. The van der Waals surface area contributed by atoms with Crippen molar-refractivity contribution >= 4 is 27.7 Å². The summed E-state index contributed by atoms with van der Waals surface area (Å²) in [5.41, 5.74) is 3.36. The molecule has 0 spiro atoms. The van der Waals surface area contributed by atoms with E-state index >= 15 is 0 Å². The lowest BCUT2D eigenvalue weighted by molar-refractivity contribution is 0.439. The summed E-state index contributed by atoms with van der Waals surface area (Å²) < 4.78 is 8.69. The van der Waals surface area contributed by atoms with Crippen molar-refractivity contribution in [3.05, 3.63) is 57.5 Å². The zero-order valence-electron chi connectivity index (χ0n) is 14.8. The number of rotatable bonds is 6. The highest BCUT2D eigenvalue weighted by molar-refractivity contribution is 9.10. The third-order valence-corrected chi connectivity index (χ3v) is 6.20. The molecule has 0 fully saturated rings. The second-order valence-corrected chi connectivity index (χ2v) is 8.02. The molecule has 0 radical (unpaired) electrons. The van der Waals surface area contributed by atoms with Gasteiger partial charge in [0.05, 0.1) is 21.6 Å². The standard InChI is InChI=1S/C18H21BrN4OS/c1-11(2)14-7-5-6-8-15(14)25-10-17-21-20-16(24-17)9-23-13(4)18(19)12(3)22-23/h5-8,11H,9-10H2,1-4H3. The minimum absolute atomic E-state index is 0.485. The lowest BCUT2D eigenvalue weighted by Gasteiger charge is -2.10. The van der Waals surface area contributed by atoms with Crippen molar-refractivity contribution in [2.75, 3.05) is 0 Å². The first-order valence-corrected chi connectivity index (χ1v) is 9.96. The van der Waals surface area contributed by atoms with Gasteiger partial charge in [0.25, 0.3) is 0 Å². The largest absolute Gasteiger partial charge is 0.422 e. The van der Waals surface area contributed by atoms with Crippen LogP contribution >= 0.6 is 27.7 Å². The maximum atomic E-state index is 5.79. The molecular formula is C18H21BrN4OS. The second kappa shape index (κ2) is 7.74. The van der Waals surface area contributed by atoms with Crippen molar-refractivity contribution in [1.82, 2.24) is 20.0 Å². The molecule has 0 amide bonds. The molecule has 0 unspecified atom stereocenters. The summed E-state index contributed by atoms with van der Waals surface area (Å²) in [6, 6.07) is 8.46. The summed E-state index contributed by atoms with van der Waals surface area (Å²) in [6.07, 6.45) is 0. The van der Waals surface area contributed by atoms with E-state index in [4.69, 9.17) is 4.42 Å². The summed E-state index contributed by atoms with van der Waals surface area (Å²) >= 11 is 5.27. The van der Waals surface area contributed by atoms with Gasteiger partial charge in [0.15, 0.2) is 0 Å². The minimum atomic E-state index is 0.485. The molecule has 0 aliphatic heterocycles. The first-order valence-electron chi connectivity index (χ1n) is 8.18. The molecule has 0 N–H and O–H groups in total. The monoisotopic (exact) mass is 420 g/mol. The Labute approximate surface area is 160 Å². The van der Waals surface area contributed by atoms with Gasteiger partial charge in [-0.05, 0) is 47.3 Å². The van der Waals surface area contributed by atoms with Crippen LogP contribution in [0.25, 0.3) is 0 Å². The fraction of sp³-hybridized carbons (Fsp3) is 0.389. The van der Waals surface area contributed by atoms with Gasteiger partial charge in [0.2, 0.25) is 11.8 Å². The number of halogens is 1. The average Bonchev–Trinajstić information content (AvgIpc) is 3.14. The molecular weight excluding hydrogens is 400 g/mol. The zero-order valence-corrected chi connectivity index (χ0v) is 17.2. The molecule has 2 heterocycles. The van der Waals surface area contributed by atoms with Crippen LogP contribution < -0.4 is 0 Å². The fourth-order valence-corrected chi connectivity index (χ4v) is 3.92. The molecule has 0 atom stereocenters. The minimum Gasteiger partial charge on any atom is -0.422 e. The lowest BCUT2D eigenvalue weighted by Crippen LogP contribution is -2.04. The van der Waals surface area contributed by atoms with Crippen molar-refractivity contribution < 1.29 is 4.42 Å². The summed E-state index contributed by atoms with van der Waals surface area (Å²) in [5, 5.41) is 12.8. The molecule has 7 heteroatoms. The molecule has 0 aliphatic carbocycles. The van der Waals surface area contributed by atoms with Crippen LogP contribution in [-0.2, 0) is 12.3 Å². The van der Waals surface area contributed by atoms with Crippen LogP contribution in [-0.4, -0.2) is 20.0 Å². The van der Waals surface area contributed by atoms with E-state index in [1.165, 1.54) is 10.5 Å². The van der Waals surface area contributed by atoms with E-state index in [1.54, 1.807) is 11.8 Å². The van der Waals surface area contributed by atoms with Crippen LogP contribution in [0.3, 0.4) is 0 Å². The van der Waals surface area contributed by atoms with Crippen LogP contribution in [0.5, 0.6) is 0 Å². The normalized spacial score (nSPS) is 11.4. The molecule has 25 heavy (non-hydrogen) atoms. The molecule has 5 nitrogen and oxygen atoms in total. The molecule has 3 rings (SSSR count). The van der Waals surface area contributed by atoms with Gasteiger partial charge in [-0.25, -0.2) is 0 Å². The maximum Gasteiger partial charge on any atom is 0.237 e. The van der Waals surface area contributed by atoms with Gasteiger partial charge < -0.3 is 4.42 Å². The zero-order chi connectivity index (χ0) is 18.0. The van der Waals surface area contributed by atoms with E-state index in [0.717, 1.165) is 15.9 Å². The molecule has 0 aliphatic rings. The quantitative estimate of drug-likeness (QED) is 0.518. The number of benzene rings is 1. The molecule has 0 saturated heterocycles. The van der Waals surface area contributed by atoms with E-state index in [1.807, 2.05) is 18.5 Å². The Morgan fingerprint density at radius 3 is 2.56 bits per heavy atom. The molecule has 1 aromatic carbocycles. The third kappa shape index (κ3) is 4.15. The Balaban J connectivity index is 1.67. The van der Waals surface area contributed by atoms with Gasteiger partial charge in [-0.2, -0.15) is 5.10 Å². The Hall–Kier alpha value is -1.60. The van der Waals surface area contributed by atoms with Crippen LogP contribution in [0.2, 0.25) is 0 Å². The third-order valence-electron chi connectivity index (χ3n) is 3.98. The highest BCUT2D eigenvalue weighted by atomic mass is 79.9. The van der Waals surface area contributed by atoms with E-state index < -0.39 is 0 Å². The van der Waals surface area contributed by atoms with Crippen LogP contribution in [0.15, 0.2) is 38.1 Å². The SMILES string of the molecule is Cc1nn(Cc2nnc(CSc3ccccc3C(C)C)o2)c(C)c1Br. The van der Waals surface area contributed by atoms with Crippen LogP contribution in [0.4, 0.5) is 0 Å². The predicted molar refractivity (Wildman–Crippen MR) is 103 cm³/mol. The molecule has 2 aromatic heterocycles. The van der Waals surface area contributed by atoms with Crippen molar-refractivity contribution in [2.45, 2.75) is 50.8 Å². The van der Waals surface area contributed by atoms with Crippen molar-refractivity contribution in [2.24, 2.45) is 0 Å². The summed E-state index contributed by atoms with van der Waals surface area (Å²) in [5.74, 6) is 2.37. The number of aromatic nitrogens is 4. The van der Waals surface area contributed by atoms with Crippen molar-refractivity contribution in [3.63, 3.8) is 0 Å². The Bertz CT molecular complexity index is 872. The Morgan fingerprint density at radius 2 is 1.88 bits per heavy atom. The Morgan fingerprint density at radius 1 is 1.16 bits per heavy atom. The second-order valence-electron chi connectivity index (χ2n) is 6.21. The molecule has 0 saturated carbocycles. The van der Waals surface area contributed by atoms with Gasteiger partial charge in [0.1, 0.15) is 6.54 Å². The van der Waals surface area contributed by atoms with Crippen molar-refractivity contribution in [1.29, 1.82) is 0 Å². The Kier molecular flexibility index (Phi) is 5.64. The first kappa shape index (κ1) is 18.2. The van der Waals surface area contributed by atoms with Crippen LogP contribution in [0.1, 0.15) is 48.5 Å². The van der Waals surface area contributed by atoms with Gasteiger partial charge in [0, 0.05) is 4.90 Å². The summed E-state index contributed by atoms with van der Waals surface area (Å²) in [4.78, 5) is 1.26. The number of hydrogen-bond acceptors (Lipinski definition) is 5. The number of hydrogen-bond donors (Lipinski definition) is 0. The first-order chi connectivity index (χ1) is 12.0. The van der Waals surface area contributed by atoms with Gasteiger partial charge in [-0.15, -0.1) is 22.0 Å². The highest BCUT2D eigenvalue weighted by Crippen LogP contribution is 2.30. The lowest BCUT2D eigenvalue weighted by atomic mass is 10.0. The van der Waals surface area contributed by atoms with Gasteiger partial charge in [-0.1, -0.05) is 32.0 Å². The highest BCUT2D eigenvalue weighted by Gasteiger charge is 2.14. The van der Waals surface area contributed by atoms with E-state index in [2.05, 4.69) is 69.3 Å². The van der Waals surface area contributed by atoms with E-state index in [9.17, 15) is 0 Å². The molecule has 132 valence electrons. The average molecular weight is 421 g/mol. The topological polar surface area (TPSA) is 56.7 Å². The molecule has 0 bridgehead atoms. The number of nitrogens with zero attached hydrogens (tertiary/aromatic N) is 4. The molecule has 3 aromatic rings. The number of aryl methyl sites for hydroxylation is 1. The maximum absolute atomic E-state index is 5.79. The van der Waals surface area contributed by atoms with Gasteiger partial charge in [-0.3, -0.25) is 4.68 Å². The van der Waals surface area contributed by atoms with E-state index in [0.29, 0.717) is 30.0 Å². The van der Waals surface area contributed by atoms with Crippen LogP contribution in [0, 0.1) is 13.8 Å². The van der Waals surface area contributed by atoms with E-state index in [-0.39, 0.29) is 0 Å². The number of thioether (sulfide) groups is 1. The summed E-state index contributed by atoms with van der Waals surface area (Å²) in [7, 11) is 0.